The van der Waals surface area contributed by atoms with Crippen LogP contribution in [0.4, 0.5) is 0 Å². The van der Waals surface area contributed by atoms with Gasteiger partial charge in [-0.25, -0.2) is 15.0 Å². The molecular weight excluding hydrogens is 721 g/mol. The van der Waals surface area contributed by atoms with Crippen molar-refractivity contribution in [3.05, 3.63) is 193 Å². The zero-order chi connectivity index (χ0) is 39.2. The Morgan fingerprint density at radius 1 is 0.390 bits per heavy atom. The van der Waals surface area contributed by atoms with Gasteiger partial charge in [0.15, 0.2) is 17.5 Å². The van der Waals surface area contributed by atoms with Crippen molar-refractivity contribution in [3.63, 3.8) is 0 Å². The third-order valence-electron chi connectivity index (χ3n) is 12.3. The van der Waals surface area contributed by atoms with E-state index in [1.807, 2.05) is 42.5 Å². The Morgan fingerprint density at radius 2 is 1.02 bits per heavy atom. The van der Waals surface area contributed by atoms with E-state index in [1.54, 1.807) is 0 Å². The molecule has 12 rings (SSSR count). The highest BCUT2D eigenvalue weighted by molar-refractivity contribution is 6.12. The number of para-hydroxylation sites is 1. The maximum atomic E-state index is 6.42. The van der Waals surface area contributed by atoms with Crippen LogP contribution in [0.5, 0.6) is 0 Å². The van der Waals surface area contributed by atoms with E-state index in [-0.39, 0.29) is 5.41 Å². The number of rotatable bonds is 5. The van der Waals surface area contributed by atoms with E-state index in [9.17, 15) is 0 Å². The number of aromatic nitrogens is 4. The summed E-state index contributed by atoms with van der Waals surface area (Å²) in [6.07, 6.45) is 0. The molecule has 5 heteroatoms. The molecule has 0 bridgehead atoms. The summed E-state index contributed by atoms with van der Waals surface area (Å²) in [7, 11) is 0. The van der Waals surface area contributed by atoms with Crippen LogP contribution in [0.15, 0.2) is 186 Å². The number of hydrogen-bond acceptors (Lipinski definition) is 4. The summed E-state index contributed by atoms with van der Waals surface area (Å²) in [6.45, 7) is 4.68. The number of benzene rings is 8. The van der Waals surface area contributed by atoms with Gasteiger partial charge in [0, 0.05) is 49.3 Å². The zero-order valence-electron chi connectivity index (χ0n) is 32.5. The number of fused-ring (bicyclic) bond motifs is 9. The van der Waals surface area contributed by atoms with Gasteiger partial charge in [-0.2, -0.15) is 0 Å². The standard InChI is InChI=1S/C54H36N4O/c1-54(2)45-19-11-9-17-39(45)42-31-43-40-18-10-12-20-47(40)58(48(43)32-46(42)54)38-25-21-35(22-26-38)52-55-51(34-15-7-4-8-16-34)56-53(57-52)37-23-27-41-44-29-36(33-13-5-3-6-14-33)24-28-49(44)59-50(41)30-37/h3-32H,1-2H3. The Hall–Kier alpha value is -7.63. The summed E-state index contributed by atoms with van der Waals surface area (Å²) in [5.74, 6) is 1.81. The van der Waals surface area contributed by atoms with Crippen LogP contribution in [0.3, 0.4) is 0 Å². The minimum atomic E-state index is -0.0983. The number of hydrogen-bond donors (Lipinski definition) is 0. The fraction of sp³-hybridized carbons (Fsp3) is 0.0556. The van der Waals surface area contributed by atoms with E-state index in [0.717, 1.165) is 49.9 Å². The van der Waals surface area contributed by atoms with E-state index < -0.39 is 0 Å². The molecule has 3 heterocycles. The fourth-order valence-electron chi connectivity index (χ4n) is 9.28. The number of nitrogens with zero attached hydrogens (tertiary/aromatic N) is 4. The maximum absolute atomic E-state index is 6.42. The van der Waals surface area contributed by atoms with Crippen LogP contribution < -0.4 is 0 Å². The van der Waals surface area contributed by atoms with E-state index in [0.29, 0.717) is 17.5 Å². The van der Waals surface area contributed by atoms with E-state index in [2.05, 4.69) is 158 Å². The van der Waals surface area contributed by atoms with Crippen LogP contribution in [0.2, 0.25) is 0 Å². The summed E-state index contributed by atoms with van der Waals surface area (Å²) >= 11 is 0. The molecule has 0 radical (unpaired) electrons. The van der Waals surface area contributed by atoms with E-state index >= 15 is 0 Å². The summed E-state index contributed by atoms with van der Waals surface area (Å²) in [5.41, 5.74) is 15.4. The van der Waals surface area contributed by atoms with Gasteiger partial charge in [-0.3, -0.25) is 0 Å². The van der Waals surface area contributed by atoms with Crippen LogP contribution >= 0.6 is 0 Å². The highest BCUT2D eigenvalue weighted by Gasteiger charge is 2.36. The molecule has 0 unspecified atom stereocenters. The normalized spacial score (nSPS) is 13.1. The second-order valence-corrected chi connectivity index (χ2v) is 16.0. The first-order chi connectivity index (χ1) is 29.0. The summed E-state index contributed by atoms with van der Waals surface area (Å²) in [6, 6.07) is 64.2. The molecule has 0 N–H and O–H groups in total. The van der Waals surface area contributed by atoms with Crippen molar-refractivity contribution >= 4 is 43.7 Å². The van der Waals surface area contributed by atoms with E-state index in [1.165, 1.54) is 49.6 Å². The monoisotopic (exact) mass is 756 g/mol. The van der Waals surface area contributed by atoms with Gasteiger partial charge in [-0.05, 0) is 100 Å². The van der Waals surface area contributed by atoms with E-state index in [4.69, 9.17) is 19.4 Å². The third kappa shape index (κ3) is 5.21. The Bertz CT molecular complexity index is 3450. The second-order valence-electron chi connectivity index (χ2n) is 16.0. The number of furan rings is 1. The van der Waals surface area contributed by atoms with Gasteiger partial charge in [-0.1, -0.05) is 129 Å². The van der Waals surface area contributed by atoms with Crippen molar-refractivity contribution < 1.29 is 4.42 Å². The molecule has 11 aromatic rings. The summed E-state index contributed by atoms with van der Waals surface area (Å²) in [5, 5.41) is 4.63. The highest BCUT2D eigenvalue weighted by atomic mass is 16.3. The van der Waals surface area contributed by atoms with Crippen LogP contribution in [-0.4, -0.2) is 19.5 Å². The Labute approximate surface area is 340 Å². The van der Waals surface area contributed by atoms with Crippen molar-refractivity contribution in [2.75, 3.05) is 0 Å². The molecule has 278 valence electrons. The van der Waals surface area contributed by atoms with Crippen molar-refractivity contribution in [3.8, 4) is 62.1 Å². The molecule has 0 spiro atoms. The summed E-state index contributed by atoms with van der Waals surface area (Å²) in [4.78, 5) is 15.2. The SMILES string of the molecule is CC1(C)c2ccccc2-c2cc3c4ccccc4n(-c4ccc(-c5nc(-c6ccccc6)nc(-c6ccc7c(c6)oc6ccc(-c8ccccc8)cc67)n5)cc4)c3cc21. The van der Waals surface area contributed by atoms with Crippen molar-refractivity contribution in [1.82, 2.24) is 19.5 Å². The maximum Gasteiger partial charge on any atom is 0.164 e. The van der Waals surface area contributed by atoms with Crippen LogP contribution in [0, 0.1) is 0 Å². The first kappa shape index (κ1) is 33.5. The second kappa shape index (κ2) is 12.7. The molecule has 0 saturated carbocycles. The molecule has 5 nitrogen and oxygen atoms in total. The van der Waals surface area contributed by atoms with Crippen LogP contribution in [-0.2, 0) is 5.41 Å². The third-order valence-corrected chi connectivity index (χ3v) is 12.3. The fourth-order valence-corrected chi connectivity index (χ4v) is 9.28. The first-order valence-electron chi connectivity index (χ1n) is 20.1. The zero-order valence-corrected chi connectivity index (χ0v) is 32.5. The van der Waals surface area contributed by atoms with Crippen molar-refractivity contribution in [2.45, 2.75) is 19.3 Å². The van der Waals surface area contributed by atoms with Gasteiger partial charge >= 0.3 is 0 Å². The molecule has 0 atom stereocenters. The smallest absolute Gasteiger partial charge is 0.164 e. The molecule has 0 aliphatic heterocycles. The van der Waals surface area contributed by atoms with Crippen LogP contribution in [0.1, 0.15) is 25.0 Å². The average Bonchev–Trinajstić information content (AvgIpc) is 3.90. The van der Waals surface area contributed by atoms with Gasteiger partial charge in [0.1, 0.15) is 11.2 Å². The van der Waals surface area contributed by atoms with Gasteiger partial charge in [0.2, 0.25) is 0 Å². The molecular formula is C54H36N4O. The lowest BCUT2D eigenvalue weighted by Gasteiger charge is -2.21. The molecule has 3 aromatic heterocycles. The lowest BCUT2D eigenvalue weighted by atomic mass is 9.82. The molecule has 1 aliphatic rings. The lowest BCUT2D eigenvalue weighted by molar-refractivity contribution is 0.661. The Balaban J connectivity index is 0.969. The first-order valence-corrected chi connectivity index (χ1v) is 20.1. The average molecular weight is 757 g/mol. The van der Waals surface area contributed by atoms with Crippen molar-refractivity contribution in [1.29, 1.82) is 0 Å². The molecule has 8 aromatic carbocycles. The van der Waals surface area contributed by atoms with Gasteiger partial charge < -0.3 is 8.98 Å². The summed E-state index contributed by atoms with van der Waals surface area (Å²) < 4.78 is 8.82. The van der Waals surface area contributed by atoms with Gasteiger partial charge in [-0.15, -0.1) is 0 Å². The quantitative estimate of drug-likeness (QED) is 0.175. The minimum Gasteiger partial charge on any atom is -0.456 e. The molecule has 0 saturated heterocycles. The molecule has 0 amide bonds. The molecule has 59 heavy (non-hydrogen) atoms. The molecule has 1 aliphatic carbocycles. The lowest BCUT2D eigenvalue weighted by Crippen LogP contribution is -2.14. The predicted octanol–water partition coefficient (Wildman–Crippen LogP) is 13.8. The van der Waals surface area contributed by atoms with Crippen LogP contribution in [0.25, 0.3) is 106 Å². The van der Waals surface area contributed by atoms with Crippen molar-refractivity contribution in [2.24, 2.45) is 0 Å². The Morgan fingerprint density at radius 3 is 1.80 bits per heavy atom. The van der Waals surface area contributed by atoms with Gasteiger partial charge in [0.05, 0.1) is 11.0 Å². The largest absolute Gasteiger partial charge is 0.456 e. The predicted molar refractivity (Wildman–Crippen MR) is 241 cm³/mol. The highest BCUT2D eigenvalue weighted by Crippen LogP contribution is 2.51. The minimum absolute atomic E-state index is 0.0983. The van der Waals surface area contributed by atoms with Gasteiger partial charge in [0.25, 0.3) is 0 Å². The Kier molecular flexibility index (Phi) is 7.20. The topological polar surface area (TPSA) is 56.7 Å². The molecule has 0 fully saturated rings.